The third-order valence-corrected chi connectivity index (χ3v) is 5.38. The molecular weight excluding hydrogens is 376 g/mol. The van der Waals surface area contributed by atoms with Gasteiger partial charge >= 0.3 is 0 Å². The molecule has 2 aromatic carbocycles. The number of anilines is 1. The van der Waals surface area contributed by atoms with E-state index in [-0.39, 0.29) is 11.8 Å². The minimum atomic E-state index is 0.0476. The smallest absolute Gasteiger partial charge is 0.223 e. The Bertz CT molecular complexity index is 924. The molecule has 1 amide bonds. The number of piperidine rings is 1. The first-order valence-corrected chi connectivity index (χ1v) is 10.3. The molecule has 6 heteroatoms. The Balaban J connectivity index is 1.20. The highest BCUT2D eigenvalue weighted by molar-refractivity contribution is 5.79. The fraction of sp³-hybridized carbons (Fsp3) is 0.292. The van der Waals surface area contributed by atoms with Gasteiger partial charge in [-0.2, -0.15) is 0 Å². The van der Waals surface area contributed by atoms with Crippen molar-refractivity contribution in [3.05, 3.63) is 84.3 Å². The van der Waals surface area contributed by atoms with Crippen LogP contribution in [0, 0.1) is 5.92 Å². The van der Waals surface area contributed by atoms with Gasteiger partial charge in [0.2, 0.25) is 5.91 Å². The lowest BCUT2D eigenvalue weighted by atomic mass is 9.96. The van der Waals surface area contributed by atoms with Gasteiger partial charge in [-0.15, -0.1) is 0 Å². The number of amides is 1. The van der Waals surface area contributed by atoms with Crippen LogP contribution in [-0.4, -0.2) is 29.0 Å². The van der Waals surface area contributed by atoms with Crippen LogP contribution in [-0.2, 0) is 17.9 Å². The van der Waals surface area contributed by atoms with Crippen LogP contribution in [0.5, 0.6) is 5.75 Å². The number of aromatic nitrogens is 2. The van der Waals surface area contributed by atoms with Crippen molar-refractivity contribution in [2.75, 3.05) is 18.0 Å². The van der Waals surface area contributed by atoms with Crippen LogP contribution < -0.4 is 15.0 Å². The monoisotopic (exact) mass is 402 g/mol. The summed E-state index contributed by atoms with van der Waals surface area (Å²) >= 11 is 0. The number of ether oxygens (including phenoxy) is 1. The molecule has 0 saturated carbocycles. The Morgan fingerprint density at radius 1 is 1.00 bits per heavy atom. The van der Waals surface area contributed by atoms with E-state index in [1.54, 1.807) is 18.6 Å². The molecule has 0 radical (unpaired) electrons. The Morgan fingerprint density at radius 3 is 2.47 bits per heavy atom. The first-order chi connectivity index (χ1) is 14.8. The summed E-state index contributed by atoms with van der Waals surface area (Å²) in [5, 5.41) is 3.07. The zero-order chi connectivity index (χ0) is 20.6. The third kappa shape index (κ3) is 5.35. The number of carbonyl (C=O) groups excluding carboxylic acids is 1. The minimum Gasteiger partial charge on any atom is -0.489 e. The van der Waals surface area contributed by atoms with Crippen LogP contribution in [0.4, 0.5) is 5.82 Å². The Morgan fingerprint density at radius 2 is 1.77 bits per heavy atom. The molecule has 0 unspecified atom stereocenters. The van der Waals surface area contributed by atoms with Crippen LogP contribution in [0.25, 0.3) is 0 Å². The highest BCUT2D eigenvalue weighted by Gasteiger charge is 2.25. The fourth-order valence-corrected chi connectivity index (χ4v) is 3.60. The lowest BCUT2D eigenvalue weighted by molar-refractivity contribution is -0.125. The summed E-state index contributed by atoms with van der Waals surface area (Å²) in [6.45, 7) is 2.72. The number of nitrogens with one attached hydrogen (secondary N) is 1. The average Bonchev–Trinajstić information content (AvgIpc) is 2.83. The fourth-order valence-electron chi connectivity index (χ4n) is 3.60. The number of nitrogens with zero attached hydrogens (tertiary/aromatic N) is 3. The molecule has 3 aromatic rings. The van der Waals surface area contributed by atoms with E-state index in [9.17, 15) is 4.79 Å². The first-order valence-electron chi connectivity index (χ1n) is 10.3. The van der Waals surface area contributed by atoms with Gasteiger partial charge in [0.1, 0.15) is 18.2 Å². The summed E-state index contributed by atoms with van der Waals surface area (Å²) in [6, 6.07) is 18.0. The Kier molecular flexibility index (Phi) is 6.54. The molecule has 154 valence electrons. The van der Waals surface area contributed by atoms with Crippen LogP contribution >= 0.6 is 0 Å². The highest BCUT2D eigenvalue weighted by Crippen LogP contribution is 2.21. The van der Waals surface area contributed by atoms with Gasteiger partial charge in [0.25, 0.3) is 0 Å². The van der Waals surface area contributed by atoms with Crippen molar-refractivity contribution < 1.29 is 9.53 Å². The van der Waals surface area contributed by atoms with Gasteiger partial charge in [0.15, 0.2) is 0 Å². The summed E-state index contributed by atoms with van der Waals surface area (Å²) in [6.07, 6.45) is 6.80. The molecule has 4 rings (SSSR count). The molecule has 6 nitrogen and oxygen atoms in total. The summed E-state index contributed by atoms with van der Waals surface area (Å²) in [4.78, 5) is 23.2. The van der Waals surface area contributed by atoms with Crippen LogP contribution in [0.15, 0.2) is 73.2 Å². The number of carbonyl (C=O) groups is 1. The van der Waals surface area contributed by atoms with Crippen LogP contribution in [0.2, 0.25) is 0 Å². The molecule has 1 aliphatic rings. The molecule has 2 heterocycles. The van der Waals surface area contributed by atoms with E-state index in [0.717, 1.165) is 48.6 Å². The predicted octanol–water partition coefficient (Wildman–Crippen LogP) is 3.59. The number of rotatable bonds is 7. The molecule has 1 N–H and O–H groups in total. The van der Waals surface area contributed by atoms with Gasteiger partial charge in [-0.05, 0) is 36.1 Å². The lowest BCUT2D eigenvalue weighted by Gasteiger charge is -2.31. The predicted molar refractivity (Wildman–Crippen MR) is 116 cm³/mol. The second-order valence-corrected chi connectivity index (χ2v) is 7.46. The molecule has 0 atom stereocenters. The number of hydrogen-bond donors (Lipinski definition) is 1. The Labute approximate surface area is 176 Å². The highest BCUT2D eigenvalue weighted by atomic mass is 16.5. The molecule has 0 bridgehead atoms. The van der Waals surface area contributed by atoms with Gasteiger partial charge in [-0.1, -0.05) is 42.5 Å². The van der Waals surface area contributed by atoms with Crippen molar-refractivity contribution in [2.45, 2.75) is 26.0 Å². The maximum Gasteiger partial charge on any atom is 0.223 e. The zero-order valence-electron chi connectivity index (χ0n) is 16.9. The minimum absolute atomic E-state index is 0.0476. The molecule has 1 fully saturated rings. The molecule has 0 aliphatic carbocycles. The van der Waals surface area contributed by atoms with Crippen molar-refractivity contribution in [3.63, 3.8) is 0 Å². The van der Waals surface area contributed by atoms with Crippen molar-refractivity contribution in [2.24, 2.45) is 5.92 Å². The topological polar surface area (TPSA) is 67.3 Å². The second-order valence-electron chi connectivity index (χ2n) is 7.46. The summed E-state index contributed by atoms with van der Waals surface area (Å²) in [5.74, 6) is 1.88. The maximum absolute atomic E-state index is 12.6. The molecular formula is C24H26N4O2. The standard InChI is InChI=1S/C24H26N4O2/c29-24(21-10-14-28(15-11-21)23-17-25-12-13-26-23)27-16-19-6-8-22(9-7-19)30-18-20-4-2-1-3-5-20/h1-9,12-13,17,21H,10-11,14-16,18H2,(H,27,29). The molecule has 1 aliphatic heterocycles. The normalized spacial score (nSPS) is 14.3. The quantitative estimate of drug-likeness (QED) is 0.654. The van der Waals surface area contributed by atoms with Crippen molar-refractivity contribution in [3.8, 4) is 5.75 Å². The lowest BCUT2D eigenvalue weighted by Crippen LogP contribution is -2.40. The van der Waals surface area contributed by atoms with Gasteiger partial charge in [0.05, 0.1) is 6.20 Å². The molecule has 1 saturated heterocycles. The van der Waals surface area contributed by atoms with Crippen LogP contribution in [0.3, 0.4) is 0 Å². The zero-order valence-corrected chi connectivity index (χ0v) is 16.9. The van der Waals surface area contributed by atoms with E-state index in [1.165, 1.54) is 0 Å². The van der Waals surface area contributed by atoms with Crippen LogP contribution in [0.1, 0.15) is 24.0 Å². The average molecular weight is 402 g/mol. The van der Waals surface area contributed by atoms with E-state index >= 15 is 0 Å². The third-order valence-electron chi connectivity index (χ3n) is 5.38. The van der Waals surface area contributed by atoms with Crippen molar-refractivity contribution in [1.29, 1.82) is 0 Å². The van der Waals surface area contributed by atoms with E-state index in [4.69, 9.17) is 4.74 Å². The van der Waals surface area contributed by atoms with Crippen molar-refractivity contribution >= 4 is 11.7 Å². The Hall–Kier alpha value is -3.41. The first kappa shape index (κ1) is 19.9. The second kappa shape index (κ2) is 9.87. The maximum atomic E-state index is 12.6. The summed E-state index contributed by atoms with van der Waals surface area (Å²) < 4.78 is 5.81. The van der Waals surface area contributed by atoms with E-state index < -0.39 is 0 Å². The number of hydrogen-bond acceptors (Lipinski definition) is 5. The molecule has 1 aromatic heterocycles. The SMILES string of the molecule is O=C(NCc1ccc(OCc2ccccc2)cc1)C1CCN(c2cnccn2)CC1. The van der Waals surface area contributed by atoms with Gasteiger partial charge < -0.3 is 15.0 Å². The van der Waals surface area contributed by atoms with Crippen molar-refractivity contribution in [1.82, 2.24) is 15.3 Å². The van der Waals surface area contributed by atoms with Gasteiger partial charge in [-0.3, -0.25) is 9.78 Å². The summed E-state index contributed by atoms with van der Waals surface area (Å²) in [5.41, 5.74) is 2.20. The van der Waals surface area contributed by atoms with E-state index in [2.05, 4.69) is 20.2 Å². The summed E-state index contributed by atoms with van der Waals surface area (Å²) in [7, 11) is 0. The number of benzene rings is 2. The van der Waals surface area contributed by atoms with Gasteiger partial charge in [0, 0.05) is 37.9 Å². The van der Waals surface area contributed by atoms with E-state index in [1.807, 2.05) is 54.6 Å². The van der Waals surface area contributed by atoms with E-state index in [0.29, 0.717) is 13.2 Å². The largest absolute Gasteiger partial charge is 0.489 e. The molecule has 30 heavy (non-hydrogen) atoms. The molecule has 0 spiro atoms. The van der Waals surface area contributed by atoms with Gasteiger partial charge in [-0.25, -0.2) is 4.98 Å².